The second-order valence-electron chi connectivity index (χ2n) is 9.35. The van der Waals surface area contributed by atoms with E-state index < -0.39 is 0 Å². The van der Waals surface area contributed by atoms with Crippen molar-refractivity contribution in [2.24, 2.45) is 35.0 Å². The van der Waals surface area contributed by atoms with E-state index in [-0.39, 0.29) is 0 Å². The van der Waals surface area contributed by atoms with Gasteiger partial charge < -0.3 is 0 Å². The normalized spacial score (nSPS) is 35.3. The van der Waals surface area contributed by atoms with E-state index >= 15 is 0 Å². The predicted octanol–water partition coefficient (Wildman–Crippen LogP) is 7.17. The van der Waals surface area contributed by atoms with Crippen molar-refractivity contribution in [3.05, 3.63) is 23.8 Å². The maximum absolute atomic E-state index is 4.44. The van der Waals surface area contributed by atoms with E-state index in [2.05, 4.69) is 40.3 Å². The molecule has 5 atom stereocenters. The molecule has 0 aliphatic heterocycles. The van der Waals surface area contributed by atoms with Crippen LogP contribution in [0.1, 0.15) is 85.5 Å². The van der Waals surface area contributed by atoms with Crippen molar-refractivity contribution >= 4 is 0 Å². The fourth-order valence-electron chi connectivity index (χ4n) is 5.09. The molecule has 2 saturated carbocycles. The molecule has 3 rings (SSSR count). The first-order valence-corrected chi connectivity index (χ1v) is 10.4. The molecule has 130 valence electrons. The molecule has 0 heterocycles. The van der Waals surface area contributed by atoms with Crippen LogP contribution in [-0.4, -0.2) is 0 Å². The molecule has 0 N–H and O–H groups in total. The molecule has 0 radical (unpaired) electrons. The summed E-state index contributed by atoms with van der Waals surface area (Å²) in [7, 11) is 0. The van der Waals surface area contributed by atoms with Crippen LogP contribution < -0.4 is 0 Å². The van der Waals surface area contributed by atoms with Gasteiger partial charge >= 0.3 is 0 Å². The van der Waals surface area contributed by atoms with Gasteiger partial charge in [-0.3, -0.25) is 0 Å². The zero-order chi connectivity index (χ0) is 16.6. The van der Waals surface area contributed by atoms with E-state index in [1.165, 1.54) is 57.8 Å². The van der Waals surface area contributed by atoms with Gasteiger partial charge in [-0.2, -0.15) is 0 Å². The van der Waals surface area contributed by atoms with Gasteiger partial charge in [0, 0.05) is 0 Å². The maximum atomic E-state index is 4.44. The number of hydrogen-bond donors (Lipinski definition) is 0. The molecule has 0 nitrogen and oxygen atoms in total. The molecule has 0 aromatic rings. The molecule has 5 unspecified atom stereocenters. The molecule has 0 aromatic heterocycles. The summed E-state index contributed by atoms with van der Waals surface area (Å²) in [6, 6.07) is 0. The molecule has 23 heavy (non-hydrogen) atoms. The third kappa shape index (κ3) is 3.94. The van der Waals surface area contributed by atoms with E-state index in [1.54, 1.807) is 11.1 Å². The zero-order valence-corrected chi connectivity index (χ0v) is 16.0. The third-order valence-electron chi connectivity index (χ3n) is 7.25. The van der Waals surface area contributed by atoms with Crippen molar-refractivity contribution < 1.29 is 0 Å². The second kappa shape index (κ2) is 6.77. The lowest BCUT2D eigenvalue weighted by atomic mass is 9.98. The van der Waals surface area contributed by atoms with Crippen LogP contribution in [0.15, 0.2) is 23.8 Å². The van der Waals surface area contributed by atoms with Gasteiger partial charge in [-0.1, -0.05) is 64.3 Å². The molecule has 0 saturated heterocycles. The van der Waals surface area contributed by atoms with Crippen molar-refractivity contribution in [3.8, 4) is 0 Å². The van der Waals surface area contributed by atoms with Crippen LogP contribution in [-0.2, 0) is 0 Å². The topological polar surface area (TPSA) is 0 Å². The largest absolute Gasteiger partial charge is 0.0996 e. The average Bonchev–Trinajstić information content (AvgIpc) is 3.41. The Kier molecular flexibility index (Phi) is 5.09. The average molecular weight is 315 g/mol. The van der Waals surface area contributed by atoms with Gasteiger partial charge in [-0.05, 0) is 80.0 Å². The van der Waals surface area contributed by atoms with Crippen LogP contribution >= 0.6 is 0 Å². The zero-order valence-electron chi connectivity index (χ0n) is 16.0. The van der Waals surface area contributed by atoms with Crippen LogP contribution in [0.3, 0.4) is 0 Å². The Labute approximate surface area is 144 Å². The number of allylic oxidation sites excluding steroid dienone is 3. The smallest absolute Gasteiger partial charge is 0.00201 e. The van der Waals surface area contributed by atoms with E-state index in [0.29, 0.717) is 0 Å². The van der Waals surface area contributed by atoms with E-state index in [9.17, 15) is 0 Å². The molecular weight excluding hydrogens is 276 g/mol. The SMILES string of the molecule is C=C(CCCC1C=C1CCCC(C)CC)C1CC12CC2C(C)C. The summed E-state index contributed by atoms with van der Waals surface area (Å²) in [5, 5.41) is 0. The van der Waals surface area contributed by atoms with E-state index in [4.69, 9.17) is 0 Å². The van der Waals surface area contributed by atoms with E-state index in [0.717, 1.165) is 35.0 Å². The minimum atomic E-state index is 0.754. The van der Waals surface area contributed by atoms with Gasteiger partial charge in [0.25, 0.3) is 0 Å². The van der Waals surface area contributed by atoms with Gasteiger partial charge in [0.05, 0.1) is 0 Å². The summed E-state index contributed by atoms with van der Waals surface area (Å²) in [4.78, 5) is 0. The Morgan fingerprint density at radius 3 is 2.70 bits per heavy atom. The molecule has 0 aromatic carbocycles. The summed E-state index contributed by atoms with van der Waals surface area (Å²) in [5.41, 5.74) is 4.11. The molecular formula is C23H38. The lowest BCUT2D eigenvalue weighted by Gasteiger charge is -2.08. The summed E-state index contributed by atoms with van der Waals surface area (Å²) < 4.78 is 0. The third-order valence-corrected chi connectivity index (χ3v) is 7.25. The van der Waals surface area contributed by atoms with Crippen LogP contribution in [0, 0.1) is 35.0 Å². The van der Waals surface area contributed by atoms with Gasteiger partial charge in [0.15, 0.2) is 0 Å². The minimum absolute atomic E-state index is 0.754. The highest BCUT2D eigenvalue weighted by Crippen LogP contribution is 2.78. The Hall–Kier alpha value is -0.520. The summed E-state index contributed by atoms with van der Waals surface area (Å²) in [6.07, 6.45) is 15.1. The first kappa shape index (κ1) is 17.3. The number of hydrogen-bond acceptors (Lipinski definition) is 0. The molecule has 0 amide bonds. The summed E-state index contributed by atoms with van der Waals surface area (Å²) >= 11 is 0. The van der Waals surface area contributed by atoms with Crippen LogP contribution in [0.2, 0.25) is 0 Å². The number of rotatable bonds is 11. The Morgan fingerprint density at radius 1 is 1.26 bits per heavy atom. The van der Waals surface area contributed by atoms with E-state index in [1.807, 2.05) is 0 Å². The molecule has 2 fully saturated rings. The monoisotopic (exact) mass is 314 g/mol. The first-order valence-electron chi connectivity index (χ1n) is 10.4. The van der Waals surface area contributed by atoms with Crippen molar-refractivity contribution in [2.75, 3.05) is 0 Å². The van der Waals surface area contributed by atoms with Crippen molar-refractivity contribution in [1.82, 2.24) is 0 Å². The van der Waals surface area contributed by atoms with Gasteiger partial charge in [-0.15, -0.1) is 0 Å². The highest BCUT2D eigenvalue weighted by Gasteiger charge is 2.70. The van der Waals surface area contributed by atoms with Crippen molar-refractivity contribution in [2.45, 2.75) is 85.5 Å². The van der Waals surface area contributed by atoms with Gasteiger partial charge in [-0.25, -0.2) is 0 Å². The fraction of sp³-hybridized carbons (Fsp3) is 0.826. The highest BCUT2D eigenvalue weighted by atomic mass is 14.7. The molecule has 3 aliphatic carbocycles. The predicted molar refractivity (Wildman–Crippen MR) is 101 cm³/mol. The standard InChI is InChI=1S/C23H38/c1-6-17(4)9-7-11-19-13-20(19)12-8-10-18(5)22-15-23(22)14-21(23)16(2)3/h13,16-17,20-22H,5-12,14-15H2,1-4H3. The molecule has 3 aliphatic rings. The van der Waals surface area contributed by atoms with Gasteiger partial charge in [0.1, 0.15) is 0 Å². The van der Waals surface area contributed by atoms with Crippen LogP contribution in [0.4, 0.5) is 0 Å². The lowest BCUT2D eigenvalue weighted by molar-refractivity contribution is 0.492. The lowest BCUT2D eigenvalue weighted by Crippen LogP contribution is -1.96. The Bertz CT molecular complexity index is 468. The fourth-order valence-corrected chi connectivity index (χ4v) is 5.09. The Morgan fingerprint density at radius 2 is 2.04 bits per heavy atom. The second-order valence-corrected chi connectivity index (χ2v) is 9.35. The minimum Gasteiger partial charge on any atom is -0.0996 e. The molecule has 1 spiro atoms. The molecule has 0 bridgehead atoms. The first-order chi connectivity index (χ1) is 11.0. The summed E-state index contributed by atoms with van der Waals surface area (Å²) in [5.74, 6) is 4.60. The van der Waals surface area contributed by atoms with Crippen LogP contribution in [0.5, 0.6) is 0 Å². The Balaban J connectivity index is 1.23. The maximum Gasteiger partial charge on any atom is -0.00201 e. The summed E-state index contributed by atoms with van der Waals surface area (Å²) in [6.45, 7) is 13.9. The van der Waals surface area contributed by atoms with Crippen molar-refractivity contribution in [3.63, 3.8) is 0 Å². The highest BCUT2D eigenvalue weighted by molar-refractivity contribution is 5.30. The quantitative estimate of drug-likeness (QED) is 0.355. The van der Waals surface area contributed by atoms with Crippen molar-refractivity contribution in [1.29, 1.82) is 0 Å². The molecule has 0 heteroatoms. The van der Waals surface area contributed by atoms with Crippen LogP contribution in [0.25, 0.3) is 0 Å². The van der Waals surface area contributed by atoms with Gasteiger partial charge in [0.2, 0.25) is 0 Å².